The van der Waals surface area contributed by atoms with Crippen molar-refractivity contribution in [2.75, 3.05) is 13.7 Å². The summed E-state index contributed by atoms with van der Waals surface area (Å²) in [6.45, 7) is 8.24. The van der Waals surface area contributed by atoms with Gasteiger partial charge < -0.3 is 9.47 Å². The molecule has 6 heteroatoms. The molecule has 1 aromatic carbocycles. The van der Waals surface area contributed by atoms with Crippen LogP contribution in [0.5, 0.6) is 5.75 Å². The Morgan fingerprint density at radius 1 is 1.24 bits per heavy atom. The van der Waals surface area contributed by atoms with Crippen LogP contribution in [0.3, 0.4) is 0 Å². The number of benzene rings is 1. The molecule has 1 atom stereocenters. The molecule has 4 nitrogen and oxygen atoms in total. The van der Waals surface area contributed by atoms with E-state index in [1.165, 1.54) is 0 Å². The minimum absolute atomic E-state index is 0.0119. The number of hydrogen-bond donors (Lipinski definition) is 0. The van der Waals surface area contributed by atoms with Crippen molar-refractivity contribution in [3.05, 3.63) is 23.3 Å². The second-order valence-corrected chi connectivity index (χ2v) is 7.99. The molecule has 0 aliphatic rings. The Labute approximate surface area is 131 Å². The number of methoxy groups -OCH3 is 1. The van der Waals surface area contributed by atoms with Gasteiger partial charge in [0.1, 0.15) is 5.75 Å². The van der Waals surface area contributed by atoms with Crippen molar-refractivity contribution in [3.63, 3.8) is 0 Å². The van der Waals surface area contributed by atoms with E-state index in [1.807, 2.05) is 27.7 Å². The fraction of sp³-hybridized carbons (Fsp3) is 0.600. The van der Waals surface area contributed by atoms with E-state index in [2.05, 4.69) is 0 Å². The molecule has 0 spiro atoms. The first-order valence-electron chi connectivity index (χ1n) is 6.91. The van der Waals surface area contributed by atoms with E-state index in [4.69, 9.17) is 20.2 Å². The maximum Gasteiger partial charge on any atom is 0.261 e. The fourth-order valence-electron chi connectivity index (χ4n) is 2.03. The van der Waals surface area contributed by atoms with Gasteiger partial charge in [-0.25, -0.2) is 8.42 Å². The Morgan fingerprint density at radius 2 is 1.86 bits per heavy atom. The number of halogens is 1. The molecule has 120 valence electrons. The van der Waals surface area contributed by atoms with Gasteiger partial charge in [-0.05, 0) is 43.0 Å². The van der Waals surface area contributed by atoms with Crippen LogP contribution in [0.15, 0.2) is 17.0 Å². The predicted octanol–water partition coefficient (Wildman–Crippen LogP) is 3.85. The summed E-state index contributed by atoms with van der Waals surface area (Å²) in [6.07, 6.45) is 0.754. The van der Waals surface area contributed by atoms with E-state index in [1.54, 1.807) is 19.2 Å². The molecule has 0 aliphatic heterocycles. The standard InChI is InChI=1S/C15H23ClO4S/c1-10(2)13-9-14(20-12(4)6-7-19-5)11(3)8-15(13)21(16,17)18/h8-10,12H,6-7H2,1-5H3. The fourth-order valence-corrected chi connectivity index (χ4v) is 3.32. The highest BCUT2D eigenvalue weighted by Crippen LogP contribution is 2.33. The molecule has 0 saturated heterocycles. The van der Waals surface area contributed by atoms with Gasteiger partial charge in [-0.15, -0.1) is 0 Å². The summed E-state index contributed by atoms with van der Waals surface area (Å²) in [5, 5.41) is 0. The predicted molar refractivity (Wildman–Crippen MR) is 84.9 cm³/mol. The van der Waals surface area contributed by atoms with Gasteiger partial charge in [-0.1, -0.05) is 13.8 Å². The summed E-state index contributed by atoms with van der Waals surface area (Å²) >= 11 is 0. The van der Waals surface area contributed by atoms with Crippen LogP contribution in [0.4, 0.5) is 0 Å². The van der Waals surface area contributed by atoms with Gasteiger partial charge in [0.25, 0.3) is 9.05 Å². The van der Waals surface area contributed by atoms with Crippen LogP contribution in [0, 0.1) is 6.92 Å². The highest BCUT2D eigenvalue weighted by Gasteiger charge is 2.21. The molecule has 0 heterocycles. The summed E-state index contributed by atoms with van der Waals surface area (Å²) < 4.78 is 34.3. The molecule has 0 aliphatic carbocycles. The highest BCUT2D eigenvalue weighted by atomic mass is 35.7. The topological polar surface area (TPSA) is 52.6 Å². The van der Waals surface area contributed by atoms with Gasteiger partial charge in [0.2, 0.25) is 0 Å². The lowest BCUT2D eigenvalue weighted by Gasteiger charge is -2.19. The molecule has 21 heavy (non-hydrogen) atoms. The van der Waals surface area contributed by atoms with Gasteiger partial charge in [0, 0.05) is 30.8 Å². The molecule has 0 aromatic heterocycles. The molecule has 1 unspecified atom stereocenters. The van der Waals surface area contributed by atoms with Crippen LogP contribution >= 0.6 is 10.7 Å². The quantitative estimate of drug-likeness (QED) is 0.711. The second kappa shape index (κ2) is 7.47. The Hall–Kier alpha value is -0.780. The first kappa shape index (κ1) is 18.3. The van der Waals surface area contributed by atoms with Crippen LogP contribution in [0.1, 0.15) is 44.2 Å². The van der Waals surface area contributed by atoms with Crippen LogP contribution < -0.4 is 4.74 Å². The highest BCUT2D eigenvalue weighted by molar-refractivity contribution is 8.13. The molecule has 0 amide bonds. The average molecular weight is 335 g/mol. The molecule has 1 aromatic rings. The molecule has 0 fully saturated rings. The minimum atomic E-state index is -3.76. The van der Waals surface area contributed by atoms with Crippen LogP contribution in [0.2, 0.25) is 0 Å². The monoisotopic (exact) mass is 334 g/mol. The van der Waals surface area contributed by atoms with E-state index < -0.39 is 9.05 Å². The first-order valence-corrected chi connectivity index (χ1v) is 9.22. The average Bonchev–Trinajstić information content (AvgIpc) is 2.36. The summed E-state index contributed by atoms with van der Waals surface area (Å²) in [5.74, 6) is 0.720. The molecule has 0 saturated carbocycles. The molecule has 0 N–H and O–H groups in total. The van der Waals surface area contributed by atoms with Crippen molar-refractivity contribution < 1.29 is 17.9 Å². The lowest BCUT2D eigenvalue weighted by molar-refractivity contribution is 0.134. The zero-order chi connectivity index (χ0) is 16.2. The van der Waals surface area contributed by atoms with Crippen molar-refractivity contribution in [1.82, 2.24) is 0 Å². The van der Waals surface area contributed by atoms with Crippen molar-refractivity contribution in [2.45, 2.75) is 51.0 Å². The Bertz CT molecular complexity index is 582. The third-order valence-corrected chi connectivity index (χ3v) is 4.63. The van der Waals surface area contributed by atoms with Crippen LogP contribution in [-0.2, 0) is 13.8 Å². The van der Waals surface area contributed by atoms with Crippen molar-refractivity contribution >= 4 is 19.7 Å². The third kappa shape index (κ3) is 5.16. The molecular formula is C15H23ClO4S. The summed E-state index contributed by atoms with van der Waals surface area (Å²) in [4.78, 5) is 0.161. The Morgan fingerprint density at radius 3 is 2.33 bits per heavy atom. The van der Waals surface area contributed by atoms with E-state index in [0.29, 0.717) is 17.9 Å². The number of aryl methyl sites for hydroxylation is 1. The Kier molecular flexibility index (Phi) is 6.50. The normalized spacial score (nSPS) is 13.5. The van der Waals surface area contributed by atoms with Gasteiger partial charge in [0.05, 0.1) is 11.0 Å². The van der Waals surface area contributed by atoms with E-state index in [-0.39, 0.29) is 16.9 Å². The summed E-state index contributed by atoms with van der Waals surface area (Å²) in [7, 11) is 3.41. The number of ether oxygens (including phenoxy) is 2. The van der Waals surface area contributed by atoms with Gasteiger partial charge in [-0.3, -0.25) is 0 Å². The van der Waals surface area contributed by atoms with E-state index >= 15 is 0 Å². The zero-order valence-corrected chi connectivity index (χ0v) is 14.7. The molecule has 0 bridgehead atoms. The maximum absolute atomic E-state index is 11.7. The summed E-state index contributed by atoms with van der Waals surface area (Å²) in [6, 6.07) is 3.36. The SMILES string of the molecule is COCCC(C)Oc1cc(C(C)C)c(S(=O)(=O)Cl)cc1C. The minimum Gasteiger partial charge on any atom is -0.490 e. The lowest BCUT2D eigenvalue weighted by atomic mass is 10.0. The largest absolute Gasteiger partial charge is 0.490 e. The summed E-state index contributed by atoms with van der Waals surface area (Å²) in [5.41, 5.74) is 1.42. The van der Waals surface area contributed by atoms with Crippen molar-refractivity contribution in [2.24, 2.45) is 0 Å². The second-order valence-electron chi connectivity index (χ2n) is 5.46. The van der Waals surface area contributed by atoms with E-state index in [9.17, 15) is 8.42 Å². The molecule has 1 rings (SSSR count). The van der Waals surface area contributed by atoms with Crippen molar-refractivity contribution in [3.8, 4) is 5.75 Å². The first-order chi connectivity index (χ1) is 9.66. The zero-order valence-electron chi connectivity index (χ0n) is 13.1. The lowest BCUT2D eigenvalue weighted by Crippen LogP contribution is -2.15. The Balaban J connectivity index is 3.16. The van der Waals surface area contributed by atoms with Gasteiger partial charge in [0.15, 0.2) is 0 Å². The van der Waals surface area contributed by atoms with Gasteiger partial charge in [-0.2, -0.15) is 0 Å². The van der Waals surface area contributed by atoms with Crippen LogP contribution in [0.25, 0.3) is 0 Å². The number of hydrogen-bond acceptors (Lipinski definition) is 4. The van der Waals surface area contributed by atoms with E-state index in [0.717, 1.165) is 12.0 Å². The number of rotatable bonds is 7. The molecular weight excluding hydrogens is 312 g/mol. The van der Waals surface area contributed by atoms with Gasteiger partial charge >= 0.3 is 0 Å². The maximum atomic E-state index is 11.7. The third-order valence-electron chi connectivity index (χ3n) is 3.25. The molecule has 0 radical (unpaired) electrons. The van der Waals surface area contributed by atoms with Crippen molar-refractivity contribution in [1.29, 1.82) is 0 Å². The smallest absolute Gasteiger partial charge is 0.261 e. The van der Waals surface area contributed by atoms with Crippen LogP contribution in [-0.4, -0.2) is 28.2 Å².